The molecule has 0 amide bonds. The molecule has 2 N–H and O–H groups in total. The van der Waals surface area contributed by atoms with Crippen molar-refractivity contribution in [3.8, 4) is 11.5 Å². The van der Waals surface area contributed by atoms with Crippen LogP contribution in [0, 0.1) is 6.92 Å². The second kappa shape index (κ2) is 6.91. The molecular weight excluding hydrogens is 344 g/mol. The molecule has 8 nitrogen and oxygen atoms in total. The van der Waals surface area contributed by atoms with Crippen molar-refractivity contribution in [2.24, 2.45) is 5.10 Å². The monoisotopic (exact) mass is 362 g/mol. The molecular formula is C19H18N6O2. The topological polar surface area (TPSA) is 97.3 Å². The van der Waals surface area contributed by atoms with Crippen LogP contribution in [0.25, 0.3) is 22.1 Å². The quantitative estimate of drug-likeness (QED) is 0.418. The van der Waals surface area contributed by atoms with Gasteiger partial charge in [-0.15, -0.1) is 10.2 Å². The Kier molecular flexibility index (Phi) is 4.29. The van der Waals surface area contributed by atoms with Gasteiger partial charge in [0, 0.05) is 5.39 Å². The fraction of sp³-hybridized carbons (Fsp3) is 0.158. The lowest BCUT2D eigenvalue weighted by atomic mass is 10.1. The molecule has 8 heteroatoms. The first-order valence-electron chi connectivity index (χ1n) is 8.32. The van der Waals surface area contributed by atoms with E-state index in [0.717, 1.165) is 27.5 Å². The summed E-state index contributed by atoms with van der Waals surface area (Å²) in [5.41, 5.74) is 7.20. The average molecular weight is 362 g/mol. The minimum absolute atomic E-state index is 0.309. The van der Waals surface area contributed by atoms with E-state index in [1.807, 2.05) is 43.3 Å². The summed E-state index contributed by atoms with van der Waals surface area (Å²) >= 11 is 0. The van der Waals surface area contributed by atoms with Gasteiger partial charge in [-0.3, -0.25) is 0 Å². The molecule has 0 aliphatic heterocycles. The van der Waals surface area contributed by atoms with Crippen molar-refractivity contribution in [2.75, 3.05) is 19.6 Å². The number of hydrazone groups is 1. The number of hydrogen-bond acceptors (Lipinski definition) is 7. The maximum Gasteiger partial charge on any atom is 0.265 e. The van der Waals surface area contributed by atoms with Crippen molar-refractivity contribution in [3.05, 3.63) is 47.5 Å². The first-order chi connectivity index (χ1) is 13.2. The number of aromatic amines is 1. The third-order valence-corrected chi connectivity index (χ3v) is 4.24. The molecule has 2 heterocycles. The Hall–Kier alpha value is -3.68. The number of rotatable bonds is 5. The molecule has 0 saturated heterocycles. The highest BCUT2D eigenvalue weighted by Crippen LogP contribution is 2.27. The number of benzene rings is 2. The summed E-state index contributed by atoms with van der Waals surface area (Å²) in [5, 5.41) is 13.5. The molecule has 0 bridgehead atoms. The molecule has 0 saturated carbocycles. The van der Waals surface area contributed by atoms with Crippen molar-refractivity contribution < 1.29 is 9.47 Å². The van der Waals surface area contributed by atoms with Gasteiger partial charge >= 0.3 is 0 Å². The van der Waals surface area contributed by atoms with E-state index in [1.165, 1.54) is 0 Å². The molecule has 2 aromatic carbocycles. The van der Waals surface area contributed by atoms with E-state index in [0.29, 0.717) is 23.1 Å². The van der Waals surface area contributed by atoms with Crippen LogP contribution in [-0.4, -0.2) is 40.6 Å². The minimum Gasteiger partial charge on any atom is -0.493 e. The molecule has 0 aliphatic carbocycles. The van der Waals surface area contributed by atoms with Crippen molar-refractivity contribution >= 4 is 34.2 Å². The largest absolute Gasteiger partial charge is 0.493 e. The molecule has 4 rings (SSSR count). The second-order valence-electron chi connectivity index (χ2n) is 5.94. The second-order valence-corrected chi connectivity index (χ2v) is 5.94. The van der Waals surface area contributed by atoms with E-state index >= 15 is 0 Å². The van der Waals surface area contributed by atoms with Crippen molar-refractivity contribution in [1.29, 1.82) is 0 Å². The lowest BCUT2D eigenvalue weighted by molar-refractivity contribution is 0.355. The van der Waals surface area contributed by atoms with E-state index < -0.39 is 0 Å². The smallest absolute Gasteiger partial charge is 0.265 e. The molecule has 0 radical (unpaired) electrons. The summed E-state index contributed by atoms with van der Waals surface area (Å²) in [4.78, 5) is 7.73. The van der Waals surface area contributed by atoms with Crippen LogP contribution < -0.4 is 14.9 Å². The van der Waals surface area contributed by atoms with Crippen LogP contribution in [0.1, 0.15) is 11.1 Å². The van der Waals surface area contributed by atoms with Crippen LogP contribution in [0.2, 0.25) is 0 Å². The Morgan fingerprint density at radius 3 is 2.74 bits per heavy atom. The molecule has 0 fully saturated rings. The maximum atomic E-state index is 5.28. The molecule has 0 unspecified atom stereocenters. The normalized spacial score (nSPS) is 11.4. The van der Waals surface area contributed by atoms with Gasteiger partial charge in [0.15, 0.2) is 17.1 Å². The van der Waals surface area contributed by atoms with Crippen molar-refractivity contribution in [2.45, 2.75) is 6.92 Å². The Morgan fingerprint density at radius 2 is 1.93 bits per heavy atom. The number of ether oxygens (including phenoxy) is 2. The van der Waals surface area contributed by atoms with Crippen LogP contribution in [0.3, 0.4) is 0 Å². The summed E-state index contributed by atoms with van der Waals surface area (Å²) in [6, 6.07) is 11.5. The van der Waals surface area contributed by atoms with Crippen LogP contribution in [0.4, 0.5) is 5.95 Å². The highest BCUT2D eigenvalue weighted by atomic mass is 16.5. The van der Waals surface area contributed by atoms with E-state index in [2.05, 4.69) is 30.7 Å². The summed E-state index contributed by atoms with van der Waals surface area (Å²) < 4.78 is 10.5. The number of para-hydroxylation sites is 1. The van der Waals surface area contributed by atoms with Crippen molar-refractivity contribution in [3.63, 3.8) is 0 Å². The number of H-pyrrole nitrogens is 1. The predicted molar refractivity (Wildman–Crippen MR) is 105 cm³/mol. The molecule has 0 spiro atoms. The van der Waals surface area contributed by atoms with E-state index in [1.54, 1.807) is 20.4 Å². The number of nitrogens with one attached hydrogen (secondary N) is 2. The number of fused-ring (bicyclic) bond motifs is 3. The van der Waals surface area contributed by atoms with Gasteiger partial charge in [0.25, 0.3) is 5.95 Å². The summed E-state index contributed by atoms with van der Waals surface area (Å²) in [5.74, 6) is 1.60. The lowest BCUT2D eigenvalue weighted by Gasteiger charge is -2.07. The van der Waals surface area contributed by atoms with Crippen LogP contribution in [0.15, 0.2) is 41.5 Å². The molecule has 27 heavy (non-hydrogen) atoms. The third-order valence-electron chi connectivity index (χ3n) is 4.24. The minimum atomic E-state index is 0.309. The van der Waals surface area contributed by atoms with Gasteiger partial charge in [0.2, 0.25) is 0 Å². The van der Waals surface area contributed by atoms with E-state index in [9.17, 15) is 0 Å². The zero-order chi connectivity index (χ0) is 18.8. The summed E-state index contributed by atoms with van der Waals surface area (Å²) in [6.07, 6.45) is 1.64. The number of hydrogen-bond donors (Lipinski definition) is 2. The lowest BCUT2D eigenvalue weighted by Crippen LogP contribution is -1.99. The Bertz CT molecular complexity index is 1150. The molecule has 136 valence electrons. The van der Waals surface area contributed by atoms with Gasteiger partial charge < -0.3 is 14.5 Å². The first-order valence-corrected chi connectivity index (χ1v) is 8.32. The van der Waals surface area contributed by atoms with Crippen LogP contribution in [0.5, 0.6) is 11.5 Å². The summed E-state index contributed by atoms with van der Waals surface area (Å²) in [6.45, 7) is 2.04. The predicted octanol–water partition coefficient (Wildman–Crippen LogP) is 3.28. The number of nitrogens with zero attached hydrogens (tertiary/aromatic N) is 4. The average Bonchev–Trinajstić information content (AvgIpc) is 3.07. The zero-order valence-corrected chi connectivity index (χ0v) is 15.1. The fourth-order valence-electron chi connectivity index (χ4n) is 2.89. The fourth-order valence-corrected chi connectivity index (χ4v) is 2.89. The molecule has 0 atom stereocenters. The number of aromatic nitrogens is 4. The standard InChI is InChI=1S/C19H18N6O2/c1-11-5-4-6-13-16(11)21-18-17(13)23-25-19(22-18)24-20-10-12-7-8-14(26-2)15(9-12)27-3/h4-10H,1-3H3,(H2,21,22,24,25). The van der Waals surface area contributed by atoms with Gasteiger partial charge in [-0.25, -0.2) is 5.43 Å². The SMILES string of the molecule is COc1ccc(C=NNc2nnc3c(n2)[nH]c2c(C)cccc23)cc1OC. The van der Waals surface area contributed by atoms with E-state index in [-0.39, 0.29) is 0 Å². The van der Waals surface area contributed by atoms with Crippen LogP contribution >= 0.6 is 0 Å². The van der Waals surface area contributed by atoms with Gasteiger partial charge in [0.1, 0.15) is 5.52 Å². The van der Waals surface area contributed by atoms with Gasteiger partial charge in [-0.05, 0) is 36.2 Å². The Labute approximate surface area is 155 Å². The van der Waals surface area contributed by atoms with Gasteiger partial charge in [-0.2, -0.15) is 10.1 Å². The maximum absolute atomic E-state index is 5.28. The Morgan fingerprint density at radius 1 is 1.07 bits per heavy atom. The number of anilines is 1. The number of methoxy groups -OCH3 is 2. The zero-order valence-electron chi connectivity index (χ0n) is 15.1. The Balaban J connectivity index is 1.58. The van der Waals surface area contributed by atoms with E-state index in [4.69, 9.17) is 9.47 Å². The van der Waals surface area contributed by atoms with Gasteiger partial charge in [-0.1, -0.05) is 18.2 Å². The van der Waals surface area contributed by atoms with Gasteiger partial charge in [0.05, 0.1) is 26.0 Å². The first kappa shape index (κ1) is 16.8. The number of aryl methyl sites for hydroxylation is 1. The van der Waals surface area contributed by atoms with Crippen molar-refractivity contribution in [1.82, 2.24) is 20.2 Å². The third kappa shape index (κ3) is 3.12. The highest BCUT2D eigenvalue weighted by Gasteiger charge is 2.10. The summed E-state index contributed by atoms with van der Waals surface area (Å²) in [7, 11) is 3.19. The molecule has 0 aliphatic rings. The molecule has 4 aromatic rings. The van der Waals surface area contributed by atoms with Crippen LogP contribution in [-0.2, 0) is 0 Å². The highest BCUT2D eigenvalue weighted by molar-refractivity contribution is 6.04. The molecule has 2 aromatic heterocycles.